The van der Waals surface area contributed by atoms with Crippen LogP contribution in [0.25, 0.3) is 0 Å². The second kappa shape index (κ2) is 5.69. The fraction of sp³-hybridized carbons (Fsp3) is 1.00. The monoisotopic (exact) mass is 292 g/mol. The number of rotatable bonds is 6. The molecule has 0 bridgehead atoms. The van der Waals surface area contributed by atoms with Crippen LogP contribution in [0.3, 0.4) is 0 Å². The molecule has 0 heterocycles. The molecule has 0 amide bonds. The van der Waals surface area contributed by atoms with Gasteiger partial charge in [0.1, 0.15) is 8.07 Å². The molecule has 5 heteroatoms. The molecule has 0 aromatic rings. The Bertz CT molecular complexity index is 217. The predicted molar refractivity (Wildman–Crippen MR) is 85.3 cm³/mol. The molecular weight excluding hydrogens is 260 g/mol. The largest absolute Gasteiger partial charge is 0.418 e. The average Bonchev–Trinajstić information content (AvgIpc) is 1.96. The third-order valence-electron chi connectivity index (χ3n) is 3.16. The molecule has 0 saturated carbocycles. The average molecular weight is 293 g/mol. The molecule has 0 saturated heterocycles. The van der Waals surface area contributed by atoms with Gasteiger partial charge in [-0.2, -0.15) is 0 Å². The summed E-state index contributed by atoms with van der Waals surface area (Å²) in [5, 5.41) is 0. The Morgan fingerprint density at radius 2 is 0.824 bits per heavy atom. The smallest absolute Gasteiger partial charge is 0.183 e. The molecule has 0 fully saturated rings. The second-order valence-corrected chi connectivity index (χ2v) is 21.8. The minimum Gasteiger partial charge on any atom is -0.418 e. The molecule has 0 aliphatic rings. The van der Waals surface area contributed by atoms with Crippen molar-refractivity contribution in [3.8, 4) is 0 Å². The van der Waals surface area contributed by atoms with Crippen LogP contribution in [-0.4, -0.2) is 36.2 Å². The molecule has 0 radical (unpaired) electrons. The Kier molecular flexibility index (Phi) is 5.88. The Balaban J connectivity index is 4.65. The van der Waals surface area contributed by atoms with Gasteiger partial charge in [0.25, 0.3) is 0 Å². The maximum Gasteiger partial charge on any atom is 0.183 e. The van der Waals surface area contributed by atoms with Gasteiger partial charge in [-0.25, -0.2) is 0 Å². The third-order valence-corrected chi connectivity index (χ3v) is 10.2. The maximum atomic E-state index is 6.27. The van der Waals surface area contributed by atoms with E-state index in [9.17, 15) is 0 Å². The van der Waals surface area contributed by atoms with Crippen molar-refractivity contribution in [3.05, 3.63) is 0 Å². The van der Waals surface area contributed by atoms with Crippen LogP contribution in [0.5, 0.6) is 0 Å². The van der Waals surface area contributed by atoms with Crippen molar-refractivity contribution in [2.45, 2.75) is 77.7 Å². The van der Waals surface area contributed by atoms with E-state index in [4.69, 9.17) is 8.85 Å². The van der Waals surface area contributed by atoms with Gasteiger partial charge in [0.2, 0.25) is 0 Å². The molecule has 0 rings (SSSR count). The Morgan fingerprint density at radius 3 is 1.00 bits per heavy atom. The molecule has 0 aromatic heterocycles. The van der Waals surface area contributed by atoms with Gasteiger partial charge in [-0.05, 0) is 53.1 Å². The predicted octanol–water partition coefficient (Wildman–Crippen LogP) is 4.25. The lowest BCUT2D eigenvalue weighted by atomic mass is 10.8. The Labute approximate surface area is 111 Å². The van der Waals surface area contributed by atoms with Gasteiger partial charge >= 0.3 is 0 Å². The normalized spacial score (nSPS) is 18.0. The van der Waals surface area contributed by atoms with Gasteiger partial charge in [-0.3, -0.25) is 0 Å². The minimum atomic E-state index is -1.50. The summed E-state index contributed by atoms with van der Waals surface area (Å²) in [4.78, 5) is 0. The molecule has 17 heavy (non-hydrogen) atoms. The van der Waals surface area contributed by atoms with E-state index in [2.05, 4.69) is 66.2 Å². The molecule has 2 unspecified atom stereocenters. The summed E-state index contributed by atoms with van der Waals surface area (Å²) in [5.41, 5.74) is 0.751. The van der Waals surface area contributed by atoms with E-state index < -0.39 is 24.7 Å². The summed E-state index contributed by atoms with van der Waals surface area (Å²) >= 11 is 0. The Morgan fingerprint density at radius 1 is 0.588 bits per heavy atom. The van der Waals surface area contributed by atoms with Crippen molar-refractivity contribution in [1.29, 1.82) is 0 Å². The number of hydrogen-bond acceptors (Lipinski definition) is 2. The highest BCUT2D eigenvalue weighted by molar-refractivity contribution is 6.82. The molecular formula is C12H32O2Si3. The fourth-order valence-corrected chi connectivity index (χ4v) is 9.03. The molecule has 0 spiro atoms. The third kappa shape index (κ3) is 6.91. The first-order valence-electron chi connectivity index (χ1n) is 6.61. The van der Waals surface area contributed by atoms with E-state index in [1.165, 1.54) is 0 Å². The molecule has 104 valence electrons. The summed E-state index contributed by atoms with van der Waals surface area (Å²) in [6.07, 6.45) is 0. The highest BCUT2D eigenvalue weighted by atomic mass is 28.4. The van der Waals surface area contributed by atoms with Crippen LogP contribution in [0.2, 0.25) is 52.4 Å². The SMILES string of the molecule is CC(O[Si](C)(C)C)[Si](C)(C)C(C)O[Si](C)(C)C. The van der Waals surface area contributed by atoms with Crippen LogP contribution in [0.15, 0.2) is 0 Å². The first-order valence-corrected chi connectivity index (χ1v) is 16.6. The van der Waals surface area contributed by atoms with Crippen LogP contribution >= 0.6 is 0 Å². The van der Waals surface area contributed by atoms with Crippen LogP contribution in [0.1, 0.15) is 13.8 Å². The van der Waals surface area contributed by atoms with Crippen molar-refractivity contribution < 1.29 is 8.85 Å². The van der Waals surface area contributed by atoms with Gasteiger partial charge in [0, 0.05) is 11.5 Å². The summed E-state index contributed by atoms with van der Waals surface area (Å²) < 4.78 is 12.5. The van der Waals surface area contributed by atoms with Crippen molar-refractivity contribution in [2.75, 3.05) is 0 Å². The van der Waals surface area contributed by atoms with Crippen molar-refractivity contribution in [1.82, 2.24) is 0 Å². The highest BCUT2D eigenvalue weighted by Gasteiger charge is 2.39. The van der Waals surface area contributed by atoms with E-state index in [1.807, 2.05) is 0 Å². The van der Waals surface area contributed by atoms with Crippen LogP contribution in [0.4, 0.5) is 0 Å². The minimum absolute atomic E-state index is 0.375. The van der Waals surface area contributed by atoms with Crippen LogP contribution in [-0.2, 0) is 8.85 Å². The summed E-state index contributed by atoms with van der Waals surface area (Å²) in [6.45, 7) is 22.8. The summed E-state index contributed by atoms with van der Waals surface area (Å²) in [6, 6.07) is 0. The zero-order valence-electron chi connectivity index (χ0n) is 13.5. The zero-order chi connectivity index (χ0) is 14.1. The van der Waals surface area contributed by atoms with E-state index in [0.29, 0.717) is 11.5 Å². The first kappa shape index (κ1) is 17.6. The molecule has 0 aliphatic carbocycles. The molecule has 0 aliphatic heterocycles. The quantitative estimate of drug-likeness (QED) is 0.681. The van der Waals surface area contributed by atoms with Gasteiger partial charge < -0.3 is 8.85 Å². The van der Waals surface area contributed by atoms with Crippen LogP contribution in [0, 0.1) is 0 Å². The maximum absolute atomic E-state index is 6.27. The topological polar surface area (TPSA) is 18.5 Å². The van der Waals surface area contributed by atoms with Gasteiger partial charge in [-0.15, -0.1) is 0 Å². The van der Waals surface area contributed by atoms with Gasteiger partial charge in [0.15, 0.2) is 16.6 Å². The molecule has 2 atom stereocenters. The summed E-state index contributed by atoms with van der Waals surface area (Å²) in [7, 11) is -4.39. The zero-order valence-corrected chi connectivity index (χ0v) is 16.5. The van der Waals surface area contributed by atoms with E-state index in [1.54, 1.807) is 0 Å². The van der Waals surface area contributed by atoms with E-state index >= 15 is 0 Å². The Hall–Kier alpha value is 0.571. The standard InChI is InChI=1S/C12H32O2Si3/c1-11(13-15(3,4)5)17(9,10)12(2)14-16(6,7)8/h11-12H,1-10H3. The second-order valence-electron chi connectivity index (χ2n) is 7.57. The molecule has 0 N–H and O–H groups in total. The van der Waals surface area contributed by atoms with E-state index in [0.717, 1.165) is 0 Å². The van der Waals surface area contributed by atoms with Crippen molar-refractivity contribution >= 4 is 24.7 Å². The van der Waals surface area contributed by atoms with E-state index in [-0.39, 0.29) is 0 Å². The van der Waals surface area contributed by atoms with Crippen molar-refractivity contribution in [2.24, 2.45) is 0 Å². The molecule has 0 aromatic carbocycles. The van der Waals surface area contributed by atoms with Crippen LogP contribution < -0.4 is 0 Å². The highest BCUT2D eigenvalue weighted by Crippen LogP contribution is 2.24. The lowest BCUT2D eigenvalue weighted by molar-refractivity contribution is 0.239. The summed E-state index contributed by atoms with van der Waals surface area (Å²) in [5.74, 6) is 0. The van der Waals surface area contributed by atoms with Gasteiger partial charge in [0.05, 0.1) is 0 Å². The first-order chi connectivity index (χ1) is 7.26. The lowest BCUT2D eigenvalue weighted by Crippen LogP contribution is -2.56. The fourth-order valence-electron chi connectivity index (χ4n) is 1.69. The van der Waals surface area contributed by atoms with Gasteiger partial charge in [-0.1, -0.05) is 13.1 Å². The molecule has 2 nitrogen and oxygen atoms in total. The number of hydrogen-bond donors (Lipinski definition) is 0. The lowest BCUT2D eigenvalue weighted by Gasteiger charge is -2.40. The van der Waals surface area contributed by atoms with Crippen molar-refractivity contribution in [3.63, 3.8) is 0 Å².